The van der Waals surface area contributed by atoms with Crippen molar-refractivity contribution in [2.45, 2.75) is 44.5 Å². The number of rotatable bonds is 3. The maximum Gasteiger partial charge on any atom is 0.267 e. The third-order valence-corrected chi connectivity index (χ3v) is 6.33. The Morgan fingerprint density at radius 1 is 1.33 bits per heavy atom. The van der Waals surface area contributed by atoms with Crippen molar-refractivity contribution in [3.05, 3.63) is 45.8 Å². The van der Waals surface area contributed by atoms with Crippen molar-refractivity contribution in [2.75, 3.05) is 17.2 Å². The van der Waals surface area contributed by atoms with E-state index < -0.39 is 0 Å². The van der Waals surface area contributed by atoms with Crippen LogP contribution < -0.4 is 10.5 Å². The molecule has 0 spiro atoms. The van der Waals surface area contributed by atoms with Crippen LogP contribution in [-0.2, 0) is 18.7 Å². The zero-order valence-electron chi connectivity index (χ0n) is 15.2. The average molecular weight is 383 g/mol. The van der Waals surface area contributed by atoms with Gasteiger partial charge in [-0.05, 0) is 31.1 Å². The van der Waals surface area contributed by atoms with Gasteiger partial charge < -0.3 is 4.90 Å². The molecule has 0 aliphatic carbocycles. The quantitative estimate of drug-likeness (QED) is 0.677. The summed E-state index contributed by atoms with van der Waals surface area (Å²) in [6.07, 6.45) is 4.58. The van der Waals surface area contributed by atoms with Gasteiger partial charge in [0.15, 0.2) is 0 Å². The van der Waals surface area contributed by atoms with E-state index >= 15 is 0 Å². The summed E-state index contributed by atoms with van der Waals surface area (Å²) >= 11 is 1.87. The number of anilines is 1. The van der Waals surface area contributed by atoms with Crippen LogP contribution in [-0.4, -0.2) is 47.7 Å². The van der Waals surface area contributed by atoms with Crippen molar-refractivity contribution in [2.24, 2.45) is 0 Å². The molecule has 1 atom stereocenters. The number of nitrogens with zero attached hydrogens (tertiary/aromatic N) is 7. The topological polar surface area (TPSA) is 81.2 Å². The summed E-state index contributed by atoms with van der Waals surface area (Å²) in [5, 5.41) is 9.03. The van der Waals surface area contributed by atoms with E-state index in [4.69, 9.17) is 5.10 Å². The van der Waals surface area contributed by atoms with Crippen molar-refractivity contribution in [3.8, 4) is 0 Å². The monoisotopic (exact) mass is 383 g/mol. The lowest BCUT2D eigenvalue weighted by Gasteiger charge is -2.27. The minimum Gasteiger partial charge on any atom is -0.352 e. The number of hydrogen-bond donors (Lipinski definition) is 0. The summed E-state index contributed by atoms with van der Waals surface area (Å²) in [4.78, 5) is 23.6. The van der Waals surface area contributed by atoms with Gasteiger partial charge >= 0.3 is 0 Å². The van der Waals surface area contributed by atoms with E-state index in [1.165, 1.54) is 6.33 Å². The summed E-state index contributed by atoms with van der Waals surface area (Å²) < 4.78 is 3.44. The highest BCUT2D eigenvalue weighted by atomic mass is 32.2. The van der Waals surface area contributed by atoms with Crippen molar-refractivity contribution in [1.82, 2.24) is 29.4 Å². The number of thioether (sulfide) groups is 1. The highest BCUT2D eigenvalue weighted by Gasteiger charge is 2.28. The maximum absolute atomic E-state index is 12.6. The van der Waals surface area contributed by atoms with Crippen molar-refractivity contribution >= 4 is 23.4 Å². The Balaban J connectivity index is 1.48. The lowest BCUT2D eigenvalue weighted by Crippen LogP contribution is -2.38. The molecule has 3 aromatic heterocycles. The molecule has 140 valence electrons. The lowest BCUT2D eigenvalue weighted by atomic mass is 10.2. The molecule has 1 saturated heterocycles. The molecule has 0 bridgehead atoms. The number of fused-ring (bicyclic) bond motifs is 2. The molecular weight excluding hydrogens is 362 g/mol. The van der Waals surface area contributed by atoms with Crippen LogP contribution in [0.5, 0.6) is 0 Å². The molecule has 1 fully saturated rings. The zero-order valence-corrected chi connectivity index (χ0v) is 16.0. The molecule has 0 amide bonds. The smallest absolute Gasteiger partial charge is 0.267 e. The van der Waals surface area contributed by atoms with E-state index in [2.05, 4.69) is 20.0 Å². The molecule has 5 rings (SSSR count). The molecule has 9 heteroatoms. The van der Waals surface area contributed by atoms with E-state index in [9.17, 15) is 4.79 Å². The van der Waals surface area contributed by atoms with E-state index in [0.29, 0.717) is 12.3 Å². The fourth-order valence-electron chi connectivity index (χ4n) is 4.03. The Morgan fingerprint density at radius 2 is 2.26 bits per heavy atom. The SMILES string of the molecule is Cc1cc(N2CCCC2Cn2nc3c(cc2=O)CSCC3)n2ncnc2n1. The predicted octanol–water partition coefficient (Wildman–Crippen LogP) is 1.45. The molecule has 5 heterocycles. The van der Waals surface area contributed by atoms with Crippen LogP contribution in [0.3, 0.4) is 0 Å². The van der Waals surface area contributed by atoms with Gasteiger partial charge in [0, 0.05) is 36.5 Å². The summed E-state index contributed by atoms with van der Waals surface area (Å²) in [6.45, 7) is 3.49. The van der Waals surface area contributed by atoms with Gasteiger partial charge in [-0.2, -0.15) is 31.5 Å². The fraction of sp³-hybridized carbons (Fsp3) is 0.500. The van der Waals surface area contributed by atoms with Gasteiger partial charge in [0.1, 0.15) is 12.1 Å². The molecule has 8 nitrogen and oxygen atoms in total. The van der Waals surface area contributed by atoms with Crippen LogP contribution in [0, 0.1) is 6.92 Å². The highest BCUT2D eigenvalue weighted by Crippen LogP contribution is 2.27. The van der Waals surface area contributed by atoms with E-state index in [0.717, 1.165) is 60.1 Å². The summed E-state index contributed by atoms with van der Waals surface area (Å²) in [7, 11) is 0. The Hall–Kier alpha value is -2.42. The van der Waals surface area contributed by atoms with Crippen LogP contribution in [0.25, 0.3) is 5.78 Å². The Labute approximate surface area is 160 Å². The van der Waals surface area contributed by atoms with Crippen LogP contribution >= 0.6 is 11.8 Å². The molecule has 1 unspecified atom stereocenters. The first kappa shape index (κ1) is 16.7. The van der Waals surface area contributed by atoms with Crippen LogP contribution in [0.4, 0.5) is 5.82 Å². The molecule has 27 heavy (non-hydrogen) atoms. The van der Waals surface area contributed by atoms with Crippen molar-refractivity contribution in [3.63, 3.8) is 0 Å². The third kappa shape index (κ3) is 2.99. The van der Waals surface area contributed by atoms with Gasteiger partial charge in [0.05, 0.1) is 18.3 Å². The van der Waals surface area contributed by atoms with E-state index in [1.807, 2.05) is 24.8 Å². The van der Waals surface area contributed by atoms with Gasteiger partial charge in [-0.25, -0.2) is 9.67 Å². The standard InChI is InChI=1S/C18H21N7OS/c1-12-7-16(25-18(21-12)19-11-20-25)23-5-2-3-14(23)9-24-17(26)8-13-10-27-6-4-15(13)22-24/h7-8,11,14H,2-6,9-10H2,1H3. The number of hydrogen-bond acceptors (Lipinski definition) is 7. The number of aryl methyl sites for hydroxylation is 2. The van der Waals surface area contributed by atoms with Crippen LogP contribution in [0.2, 0.25) is 0 Å². The van der Waals surface area contributed by atoms with Gasteiger partial charge in [-0.3, -0.25) is 4.79 Å². The highest BCUT2D eigenvalue weighted by molar-refractivity contribution is 7.98. The molecule has 0 saturated carbocycles. The molecule has 3 aromatic rings. The van der Waals surface area contributed by atoms with Crippen molar-refractivity contribution < 1.29 is 0 Å². The first-order valence-electron chi connectivity index (χ1n) is 9.31. The predicted molar refractivity (Wildman–Crippen MR) is 104 cm³/mol. The van der Waals surface area contributed by atoms with Crippen LogP contribution in [0.15, 0.2) is 23.3 Å². The second kappa shape index (κ2) is 6.63. The summed E-state index contributed by atoms with van der Waals surface area (Å²) in [5.41, 5.74) is 3.10. The van der Waals surface area contributed by atoms with Gasteiger partial charge in [-0.1, -0.05) is 0 Å². The third-order valence-electron chi connectivity index (χ3n) is 5.32. The first-order valence-corrected chi connectivity index (χ1v) is 10.5. The normalized spacial score (nSPS) is 19.6. The molecule has 0 aromatic carbocycles. The van der Waals surface area contributed by atoms with E-state index in [1.54, 1.807) is 15.3 Å². The zero-order chi connectivity index (χ0) is 18.4. The molecule has 2 aliphatic rings. The molecular formula is C18H21N7OS. The van der Waals surface area contributed by atoms with Gasteiger partial charge in [0.25, 0.3) is 11.3 Å². The van der Waals surface area contributed by atoms with Gasteiger partial charge in [-0.15, -0.1) is 0 Å². The second-order valence-corrected chi connectivity index (χ2v) is 8.26. The minimum absolute atomic E-state index is 0.0000818. The summed E-state index contributed by atoms with van der Waals surface area (Å²) in [6, 6.07) is 4.03. The Bertz CT molecular complexity index is 1060. The second-order valence-electron chi connectivity index (χ2n) is 7.16. The Morgan fingerprint density at radius 3 is 3.19 bits per heavy atom. The first-order chi connectivity index (χ1) is 13.2. The Kier molecular flexibility index (Phi) is 4.11. The lowest BCUT2D eigenvalue weighted by molar-refractivity contribution is 0.478. The number of aromatic nitrogens is 6. The van der Waals surface area contributed by atoms with Gasteiger partial charge in [0.2, 0.25) is 0 Å². The summed E-state index contributed by atoms with van der Waals surface area (Å²) in [5.74, 6) is 3.57. The minimum atomic E-state index is -0.0000818. The average Bonchev–Trinajstić information content (AvgIpc) is 3.31. The largest absolute Gasteiger partial charge is 0.352 e. The molecule has 0 radical (unpaired) electrons. The van der Waals surface area contributed by atoms with E-state index in [-0.39, 0.29) is 11.6 Å². The maximum atomic E-state index is 12.6. The van der Waals surface area contributed by atoms with Crippen molar-refractivity contribution in [1.29, 1.82) is 0 Å². The molecule has 0 N–H and O–H groups in total. The van der Waals surface area contributed by atoms with Crippen LogP contribution in [0.1, 0.15) is 29.8 Å². The fourth-order valence-corrected chi connectivity index (χ4v) is 4.98. The molecule has 2 aliphatic heterocycles.